The molecule has 21 heavy (non-hydrogen) atoms. The minimum Gasteiger partial charge on any atom is -0.371 e. The molecule has 112 valence electrons. The lowest BCUT2D eigenvalue weighted by molar-refractivity contribution is 0.0277. The van der Waals surface area contributed by atoms with Crippen LogP contribution in [-0.2, 0) is 24.2 Å². The molecule has 1 aromatic heterocycles. The molecule has 1 N–H and O–H groups in total. The quantitative estimate of drug-likeness (QED) is 0.829. The van der Waals surface area contributed by atoms with E-state index in [0.717, 1.165) is 39.1 Å². The van der Waals surface area contributed by atoms with Gasteiger partial charge in [0.2, 0.25) is 0 Å². The molecule has 3 rings (SSSR count). The van der Waals surface area contributed by atoms with E-state index in [1.807, 2.05) is 6.20 Å². The summed E-state index contributed by atoms with van der Waals surface area (Å²) < 4.78 is 8.04. The number of hydrogen-bond acceptors (Lipinski definition) is 3. The second-order valence-corrected chi connectivity index (χ2v) is 5.49. The molecule has 0 bridgehead atoms. The first-order valence-corrected chi connectivity index (χ1v) is 7.79. The van der Waals surface area contributed by atoms with E-state index in [0.29, 0.717) is 0 Å². The molecule has 4 heteroatoms. The van der Waals surface area contributed by atoms with Gasteiger partial charge in [0.1, 0.15) is 6.10 Å². The van der Waals surface area contributed by atoms with Gasteiger partial charge in [-0.2, -0.15) is 5.10 Å². The highest BCUT2D eigenvalue weighted by molar-refractivity contribution is 5.30. The van der Waals surface area contributed by atoms with E-state index in [1.54, 1.807) is 0 Å². The number of ether oxygens (including phenoxy) is 1. The fourth-order valence-corrected chi connectivity index (χ4v) is 2.85. The van der Waals surface area contributed by atoms with Gasteiger partial charge in [-0.25, -0.2) is 0 Å². The third-order valence-electron chi connectivity index (χ3n) is 3.97. The molecule has 0 amide bonds. The van der Waals surface area contributed by atoms with Crippen molar-refractivity contribution in [1.82, 2.24) is 15.1 Å². The molecule has 1 aliphatic rings. The van der Waals surface area contributed by atoms with E-state index >= 15 is 0 Å². The Balaban J connectivity index is 1.72. The largest absolute Gasteiger partial charge is 0.371 e. The Hall–Kier alpha value is -1.65. The van der Waals surface area contributed by atoms with Crippen LogP contribution in [-0.4, -0.2) is 22.9 Å². The Kier molecular flexibility index (Phi) is 4.68. The molecule has 0 spiro atoms. The minimum absolute atomic E-state index is 0.111. The Bertz CT molecular complexity index is 579. The van der Waals surface area contributed by atoms with Crippen molar-refractivity contribution in [3.8, 4) is 0 Å². The zero-order chi connectivity index (χ0) is 14.5. The van der Waals surface area contributed by atoms with Crippen molar-refractivity contribution in [3.05, 3.63) is 53.3 Å². The van der Waals surface area contributed by atoms with Crippen LogP contribution in [0.25, 0.3) is 0 Å². The van der Waals surface area contributed by atoms with E-state index < -0.39 is 0 Å². The van der Waals surface area contributed by atoms with Crippen LogP contribution >= 0.6 is 0 Å². The van der Waals surface area contributed by atoms with E-state index in [-0.39, 0.29) is 6.10 Å². The van der Waals surface area contributed by atoms with Crippen LogP contribution < -0.4 is 5.32 Å². The van der Waals surface area contributed by atoms with Gasteiger partial charge >= 0.3 is 0 Å². The zero-order valence-corrected chi connectivity index (χ0v) is 12.6. The summed E-state index contributed by atoms with van der Waals surface area (Å²) >= 11 is 0. The van der Waals surface area contributed by atoms with Crippen LogP contribution in [0, 0.1) is 0 Å². The summed E-state index contributed by atoms with van der Waals surface area (Å²) in [6.07, 6.45) is 4.14. The second-order valence-electron chi connectivity index (χ2n) is 5.49. The SMILES string of the molecule is CCCNCc1ccnn1CC1OCCc2ccccc21. The molecule has 4 nitrogen and oxygen atoms in total. The molecule has 0 radical (unpaired) electrons. The van der Waals surface area contributed by atoms with E-state index in [9.17, 15) is 0 Å². The highest BCUT2D eigenvalue weighted by atomic mass is 16.5. The van der Waals surface area contributed by atoms with Crippen molar-refractivity contribution in [2.75, 3.05) is 13.2 Å². The molecule has 2 aromatic rings. The van der Waals surface area contributed by atoms with Gasteiger partial charge in [0.25, 0.3) is 0 Å². The molecule has 1 aliphatic heterocycles. The standard InChI is InChI=1S/C17H23N3O/c1-2-9-18-12-15-7-10-19-20(15)13-17-16-6-4-3-5-14(16)8-11-21-17/h3-7,10,17-18H,2,8-9,11-13H2,1H3. The van der Waals surface area contributed by atoms with Crippen molar-refractivity contribution in [2.24, 2.45) is 0 Å². The van der Waals surface area contributed by atoms with E-state index in [1.165, 1.54) is 16.8 Å². The fraction of sp³-hybridized carbons (Fsp3) is 0.471. The third kappa shape index (κ3) is 3.34. The predicted molar refractivity (Wildman–Crippen MR) is 83.1 cm³/mol. The van der Waals surface area contributed by atoms with Gasteiger partial charge in [0.05, 0.1) is 18.8 Å². The lowest BCUT2D eigenvalue weighted by atomic mass is 9.97. The second kappa shape index (κ2) is 6.87. The summed E-state index contributed by atoms with van der Waals surface area (Å²) in [4.78, 5) is 0. The van der Waals surface area contributed by atoms with E-state index in [2.05, 4.69) is 52.4 Å². The molecule has 1 unspecified atom stereocenters. The number of nitrogens with zero attached hydrogens (tertiary/aromatic N) is 2. The van der Waals surface area contributed by atoms with Gasteiger partial charge in [-0.1, -0.05) is 31.2 Å². The first kappa shape index (κ1) is 14.3. The molecule has 0 saturated heterocycles. The summed E-state index contributed by atoms with van der Waals surface area (Å²) in [5.74, 6) is 0. The van der Waals surface area contributed by atoms with Gasteiger partial charge < -0.3 is 10.1 Å². The average Bonchev–Trinajstić information content (AvgIpc) is 2.95. The Labute approximate surface area is 126 Å². The third-order valence-corrected chi connectivity index (χ3v) is 3.97. The predicted octanol–water partition coefficient (Wildman–Crippen LogP) is 2.70. The number of fused-ring (bicyclic) bond motifs is 1. The first-order valence-electron chi connectivity index (χ1n) is 7.79. The van der Waals surface area contributed by atoms with Gasteiger partial charge in [-0.05, 0) is 36.6 Å². The highest BCUT2D eigenvalue weighted by Gasteiger charge is 2.21. The molecule has 0 saturated carbocycles. The van der Waals surface area contributed by atoms with Crippen molar-refractivity contribution in [3.63, 3.8) is 0 Å². The number of rotatable bonds is 6. The fourth-order valence-electron chi connectivity index (χ4n) is 2.85. The Morgan fingerprint density at radius 2 is 2.24 bits per heavy atom. The maximum atomic E-state index is 5.98. The van der Waals surface area contributed by atoms with Gasteiger partial charge in [-0.3, -0.25) is 4.68 Å². The van der Waals surface area contributed by atoms with Crippen LogP contribution in [0.2, 0.25) is 0 Å². The molecular formula is C17H23N3O. The van der Waals surface area contributed by atoms with Crippen molar-refractivity contribution in [1.29, 1.82) is 0 Å². The number of benzene rings is 1. The normalized spacial score (nSPS) is 17.7. The van der Waals surface area contributed by atoms with Crippen molar-refractivity contribution < 1.29 is 4.74 Å². The van der Waals surface area contributed by atoms with Crippen LogP contribution in [0.15, 0.2) is 36.5 Å². The molecule has 0 fully saturated rings. The molecule has 1 aromatic carbocycles. The molecule has 1 atom stereocenters. The van der Waals surface area contributed by atoms with Crippen LogP contribution in [0.1, 0.15) is 36.3 Å². The lowest BCUT2D eigenvalue weighted by Gasteiger charge is -2.26. The van der Waals surface area contributed by atoms with Crippen molar-refractivity contribution >= 4 is 0 Å². The highest BCUT2D eigenvalue weighted by Crippen LogP contribution is 2.28. The molecule has 0 aliphatic carbocycles. The van der Waals surface area contributed by atoms with Gasteiger partial charge in [0.15, 0.2) is 0 Å². The summed E-state index contributed by atoms with van der Waals surface area (Å²) in [7, 11) is 0. The zero-order valence-electron chi connectivity index (χ0n) is 12.6. The average molecular weight is 285 g/mol. The van der Waals surface area contributed by atoms with Crippen LogP contribution in [0.5, 0.6) is 0 Å². The topological polar surface area (TPSA) is 39.1 Å². The lowest BCUT2D eigenvalue weighted by Crippen LogP contribution is -2.23. The summed E-state index contributed by atoms with van der Waals surface area (Å²) in [5.41, 5.74) is 3.94. The van der Waals surface area contributed by atoms with Crippen LogP contribution in [0.4, 0.5) is 0 Å². The minimum atomic E-state index is 0.111. The number of hydrogen-bond donors (Lipinski definition) is 1. The number of aromatic nitrogens is 2. The monoisotopic (exact) mass is 285 g/mol. The van der Waals surface area contributed by atoms with Crippen LogP contribution in [0.3, 0.4) is 0 Å². The van der Waals surface area contributed by atoms with Gasteiger partial charge in [0, 0.05) is 12.7 Å². The van der Waals surface area contributed by atoms with Gasteiger partial charge in [-0.15, -0.1) is 0 Å². The Morgan fingerprint density at radius 1 is 1.33 bits per heavy atom. The summed E-state index contributed by atoms with van der Waals surface area (Å²) in [5, 5.41) is 7.89. The van der Waals surface area contributed by atoms with E-state index in [4.69, 9.17) is 4.74 Å². The first-order chi connectivity index (χ1) is 10.4. The maximum absolute atomic E-state index is 5.98. The maximum Gasteiger partial charge on any atom is 0.102 e. The number of nitrogens with one attached hydrogen (secondary N) is 1. The summed E-state index contributed by atoms with van der Waals surface area (Å²) in [6, 6.07) is 10.7. The molecular weight excluding hydrogens is 262 g/mol. The smallest absolute Gasteiger partial charge is 0.102 e. The molecule has 2 heterocycles. The van der Waals surface area contributed by atoms with Crippen molar-refractivity contribution in [2.45, 2.75) is 39.0 Å². The Morgan fingerprint density at radius 3 is 3.14 bits per heavy atom. The summed E-state index contributed by atoms with van der Waals surface area (Å²) in [6.45, 7) is 5.66.